The molecule has 1 unspecified atom stereocenters. The predicted octanol–water partition coefficient (Wildman–Crippen LogP) is 3.26. The summed E-state index contributed by atoms with van der Waals surface area (Å²) in [7, 11) is 0.852. The van der Waals surface area contributed by atoms with E-state index in [1.54, 1.807) is 6.92 Å². The second-order valence-electron chi connectivity index (χ2n) is 7.45. The molecule has 1 heterocycles. The summed E-state index contributed by atoms with van der Waals surface area (Å²) in [5, 5.41) is -0.149. The van der Waals surface area contributed by atoms with Crippen molar-refractivity contribution in [3.8, 4) is 5.69 Å². The van der Waals surface area contributed by atoms with Gasteiger partial charge in [0.25, 0.3) is 5.56 Å². The molecule has 8 nitrogen and oxygen atoms in total. The Morgan fingerprint density at radius 2 is 1.79 bits per heavy atom. The van der Waals surface area contributed by atoms with E-state index < -0.39 is 46.8 Å². The molecule has 12 heteroatoms. The first kappa shape index (κ1) is 25.9. The maximum atomic E-state index is 13.1. The van der Waals surface area contributed by atoms with Crippen LogP contribution in [0.15, 0.2) is 46.5 Å². The molecular weight excluding hydrogens is 469 g/mol. The quantitative estimate of drug-likeness (QED) is 0.457. The molecule has 0 radical (unpaired) electrons. The van der Waals surface area contributed by atoms with E-state index in [1.807, 2.05) is 0 Å². The fourth-order valence-electron chi connectivity index (χ4n) is 2.63. The topological polar surface area (TPSA) is 96.6 Å². The van der Waals surface area contributed by atoms with Crippen LogP contribution in [0, 0.1) is 0 Å². The maximum Gasteiger partial charge on any atom is 0.431 e. The minimum atomic E-state index is -4.93. The van der Waals surface area contributed by atoms with Crippen LogP contribution < -0.4 is 11.2 Å². The molecular formula is C21H20ClF3N2O6. The van der Waals surface area contributed by atoms with E-state index >= 15 is 0 Å². The van der Waals surface area contributed by atoms with Crippen molar-refractivity contribution in [2.75, 3.05) is 0 Å². The number of carbonyl (C=O) groups excluding carboxylic acids is 2. The van der Waals surface area contributed by atoms with Gasteiger partial charge in [-0.15, -0.1) is 0 Å². The number of aromatic nitrogens is 2. The van der Waals surface area contributed by atoms with E-state index in [0.717, 1.165) is 19.2 Å². The molecule has 0 spiro atoms. The Kier molecular flexibility index (Phi) is 7.27. The lowest BCUT2D eigenvalue weighted by Crippen LogP contribution is -2.41. The number of halogens is 4. The highest BCUT2D eigenvalue weighted by molar-refractivity contribution is 6.33. The number of esters is 2. The highest BCUT2D eigenvalue weighted by Crippen LogP contribution is 2.27. The molecule has 0 aliphatic rings. The molecule has 2 rings (SSSR count). The van der Waals surface area contributed by atoms with E-state index in [2.05, 4.69) is 6.58 Å². The van der Waals surface area contributed by atoms with Gasteiger partial charge in [-0.1, -0.05) is 24.3 Å². The van der Waals surface area contributed by atoms with Crippen LogP contribution in [-0.4, -0.2) is 32.8 Å². The van der Waals surface area contributed by atoms with Crippen molar-refractivity contribution in [2.24, 2.45) is 7.05 Å². The average Bonchev–Trinajstić information content (AvgIpc) is 2.70. The smallest absolute Gasteiger partial charge is 0.431 e. The van der Waals surface area contributed by atoms with E-state index in [9.17, 15) is 32.3 Å². The van der Waals surface area contributed by atoms with Crippen LogP contribution in [0.1, 0.15) is 36.8 Å². The lowest BCUT2D eigenvalue weighted by Gasteiger charge is -2.24. The van der Waals surface area contributed by atoms with Crippen LogP contribution in [0.5, 0.6) is 0 Å². The molecule has 0 bridgehead atoms. The first-order chi connectivity index (χ1) is 15.1. The fraction of sp³-hybridized carbons (Fsp3) is 0.333. The van der Waals surface area contributed by atoms with Gasteiger partial charge in [0.05, 0.1) is 16.3 Å². The molecule has 1 atom stereocenters. The van der Waals surface area contributed by atoms with Crippen LogP contribution >= 0.6 is 11.6 Å². The van der Waals surface area contributed by atoms with Gasteiger partial charge in [-0.3, -0.25) is 9.36 Å². The lowest BCUT2D eigenvalue weighted by molar-refractivity contribution is -0.165. The van der Waals surface area contributed by atoms with Crippen molar-refractivity contribution in [1.82, 2.24) is 9.13 Å². The number of ether oxygens (including phenoxy) is 2. The van der Waals surface area contributed by atoms with Crippen LogP contribution in [0.4, 0.5) is 13.2 Å². The number of benzene rings is 1. The summed E-state index contributed by atoms with van der Waals surface area (Å²) in [5.41, 5.74) is -6.30. The van der Waals surface area contributed by atoms with Crippen molar-refractivity contribution in [3.63, 3.8) is 0 Å². The second-order valence-corrected chi connectivity index (χ2v) is 7.86. The summed E-state index contributed by atoms with van der Waals surface area (Å²) in [6.07, 6.45) is -4.21. The van der Waals surface area contributed by atoms with Gasteiger partial charge in [0.1, 0.15) is 11.8 Å². The molecule has 0 fully saturated rings. The summed E-state index contributed by atoms with van der Waals surface area (Å²) >= 11 is 6.04. The van der Waals surface area contributed by atoms with Crippen molar-refractivity contribution in [3.05, 3.63) is 74.0 Å². The summed E-state index contributed by atoms with van der Waals surface area (Å²) in [5.74, 6) is -1.96. The van der Waals surface area contributed by atoms with Crippen LogP contribution in [0.25, 0.3) is 5.69 Å². The van der Waals surface area contributed by atoms with Gasteiger partial charge in [-0.05, 0) is 39.0 Å². The molecule has 0 N–H and O–H groups in total. The van der Waals surface area contributed by atoms with Gasteiger partial charge in [0.2, 0.25) is 5.60 Å². The minimum absolute atomic E-state index is 0.149. The molecule has 33 heavy (non-hydrogen) atoms. The first-order valence-electron chi connectivity index (χ1n) is 9.37. The molecule has 2 aromatic rings. The molecule has 178 valence electrons. The largest absolute Gasteiger partial charge is 0.456 e. The Balaban J connectivity index is 2.49. The molecule has 0 amide bonds. The van der Waals surface area contributed by atoms with Gasteiger partial charge in [-0.2, -0.15) is 13.2 Å². The zero-order chi connectivity index (χ0) is 25.3. The first-order valence-corrected chi connectivity index (χ1v) is 9.75. The molecule has 0 saturated carbocycles. The van der Waals surface area contributed by atoms with Gasteiger partial charge >= 0.3 is 23.8 Å². The van der Waals surface area contributed by atoms with E-state index in [1.165, 1.54) is 26.0 Å². The third kappa shape index (κ3) is 5.54. The van der Waals surface area contributed by atoms with E-state index in [0.29, 0.717) is 4.57 Å². The molecule has 0 aliphatic heterocycles. The van der Waals surface area contributed by atoms with Crippen LogP contribution in [0.3, 0.4) is 0 Å². The highest BCUT2D eigenvalue weighted by Gasteiger charge is 2.36. The van der Waals surface area contributed by atoms with Gasteiger partial charge < -0.3 is 9.47 Å². The van der Waals surface area contributed by atoms with Crippen LogP contribution in [-0.2, 0) is 27.5 Å². The summed E-state index contributed by atoms with van der Waals surface area (Å²) in [6.45, 7) is 7.57. The lowest BCUT2D eigenvalue weighted by atomic mass is 10.1. The molecule has 1 aromatic carbocycles. The van der Waals surface area contributed by atoms with Crippen molar-refractivity contribution >= 4 is 23.5 Å². The van der Waals surface area contributed by atoms with Crippen molar-refractivity contribution in [2.45, 2.75) is 38.7 Å². The monoisotopic (exact) mass is 488 g/mol. The van der Waals surface area contributed by atoms with Gasteiger partial charge in [-0.25, -0.2) is 19.0 Å². The number of carbonyl (C=O) groups is 2. The number of rotatable bonds is 6. The van der Waals surface area contributed by atoms with Crippen molar-refractivity contribution < 1.29 is 32.2 Å². The Labute approximate surface area is 190 Å². The van der Waals surface area contributed by atoms with Crippen LogP contribution in [0.2, 0.25) is 5.02 Å². The van der Waals surface area contributed by atoms with E-state index in [4.69, 9.17) is 21.1 Å². The minimum Gasteiger partial charge on any atom is -0.456 e. The Morgan fingerprint density at radius 1 is 1.18 bits per heavy atom. The molecule has 0 saturated heterocycles. The number of hydrogen-bond donors (Lipinski definition) is 0. The van der Waals surface area contributed by atoms with E-state index in [-0.39, 0.29) is 26.9 Å². The summed E-state index contributed by atoms with van der Waals surface area (Å²) in [6, 6.07) is 3.57. The summed E-state index contributed by atoms with van der Waals surface area (Å²) in [4.78, 5) is 49.7. The standard InChI is InChI=1S/C21H20ClF3N2O6/c1-6-11(2)32-18(30)20(3,4)33-17(29)13-9-12(7-8-14(13)22)27-16(28)10-15(21(23,24)25)26(5)19(27)31/h6-11H,1H2,2-5H3. The average molecular weight is 489 g/mol. The van der Waals surface area contributed by atoms with Gasteiger partial charge in [0, 0.05) is 13.1 Å². The zero-order valence-corrected chi connectivity index (χ0v) is 18.8. The molecule has 0 aliphatic carbocycles. The third-order valence-electron chi connectivity index (χ3n) is 4.50. The number of alkyl halides is 3. The van der Waals surface area contributed by atoms with Gasteiger partial charge in [0.15, 0.2) is 0 Å². The van der Waals surface area contributed by atoms with Crippen molar-refractivity contribution in [1.29, 1.82) is 0 Å². The fourth-order valence-corrected chi connectivity index (χ4v) is 2.83. The SMILES string of the molecule is C=CC(C)OC(=O)C(C)(C)OC(=O)c1cc(-n2c(=O)cc(C(F)(F)F)n(C)c2=O)ccc1Cl. The number of hydrogen-bond acceptors (Lipinski definition) is 6. The second kappa shape index (κ2) is 9.26. The Morgan fingerprint density at radius 3 is 2.33 bits per heavy atom. The molecule has 1 aromatic heterocycles. The summed E-state index contributed by atoms with van der Waals surface area (Å²) < 4.78 is 50.1. The highest BCUT2D eigenvalue weighted by atomic mass is 35.5. The maximum absolute atomic E-state index is 13.1. The zero-order valence-electron chi connectivity index (χ0n) is 18.0. The number of nitrogens with zero attached hydrogens (tertiary/aromatic N) is 2. The normalized spacial score (nSPS) is 12.7. The third-order valence-corrected chi connectivity index (χ3v) is 4.83. The Hall–Kier alpha value is -3.34. The Bertz CT molecular complexity index is 1230. The predicted molar refractivity (Wildman–Crippen MR) is 113 cm³/mol.